The fraction of sp³-hybridized carbons (Fsp3) is 0.667. The summed E-state index contributed by atoms with van der Waals surface area (Å²) >= 11 is 0. The van der Waals surface area contributed by atoms with E-state index in [4.69, 9.17) is 0 Å². The molecule has 1 aromatic heterocycles. The Bertz CT molecular complexity index is 404. The van der Waals surface area contributed by atoms with Gasteiger partial charge in [-0.3, -0.25) is 4.98 Å². The predicted molar refractivity (Wildman–Crippen MR) is 63.6 cm³/mol. The second kappa shape index (κ2) is 3.70. The topological polar surface area (TPSA) is 41.1 Å². The summed E-state index contributed by atoms with van der Waals surface area (Å²) in [6.45, 7) is 7.48. The number of fused-ring (bicyclic) bond motifs is 1. The highest BCUT2D eigenvalue weighted by Gasteiger charge is 2.41. The van der Waals surface area contributed by atoms with Crippen LogP contribution in [-0.4, -0.2) is 35.6 Å². The van der Waals surface area contributed by atoms with Crippen molar-refractivity contribution >= 4 is 5.82 Å². The summed E-state index contributed by atoms with van der Waals surface area (Å²) in [5.41, 5.74) is 2.06. The lowest BCUT2D eigenvalue weighted by Crippen LogP contribution is -2.64. The molecule has 2 aliphatic rings. The zero-order valence-corrected chi connectivity index (χ0v) is 9.90. The van der Waals surface area contributed by atoms with Crippen molar-refractivity contribution in [1.29, 1.82) is 0 Å². The number of nitrogens with zero attached hydrogens (tertiary/aromatic N) is 3. The van der Waals surface area contributed by atoms with Crippen LogP contribution in [0.15, 0.2) is 6.20 Å². The molecule has 3 rings (SSSR count). The summed E-state index contributed by atoms with van der Waals surface area (Å²) in [6, 6.07) is 0.642. The molecule has 4 heteroatoms. The van der Waals surface area contributed by atoms with Crippen molar-refractivity contribution in [2.45, 2.75) is 26.3 Å². The van der Waals surface area contributed by atoms with E-state index in [1.807, 2.05) is 20.0 Å². The third-order valence-electron chi connectivity index (χ3n) is 3.74. The van der Waals surface area contributed by atoms with E-state index in [-0.39, 0.29) is 0 Å². The number of nitrogens with one attached hydrogen (secondary N) is 1. The first kappa shape index (κ1) is 10.0. The minimum atomic E-state index is 0.642. The van der Waals surface area contributed by atoms with Gasteiger partial charge in [-0.25, -0.2) is 4.98 Å². The molecule has 0 radical (unpaired) electrons. The molecule has 0 amide bonds. The van der Waals surface area contributed by atoms with Gasteiger partial charge in [0.05, 0.1) is 11.4 Å². The Kier molecular flexibility index (Phi) is 2.32. The summed E-state index contributed by atoms with van der Waals surface area (Å²) in [6.07, 6.45) is 3.15. The van der Waals surface area contributed by atoms with Gasteiger partial charge in [-0.1, -0.05) is 0 Å². The van der Waals surface area contributed by atoms with E-state index >= 15 is 0 Å². The fourth-order valence-corrected chi connectivity index (χ4v) is 2.76. The van der Waals surface area contributed by atoms with E-state index in [0.717, 1.165) is 36.2 Å². The maximum Gasteiger partial charge on any atom is 0.150 e. The normalized spacial score (nSPS) is 28.5. The third-order valence-corrected chi connectivity index (χ3v) is 3.74. The molecule has 2 aliphatic heterocycles. The Morgan fingerprint density at radius 1 is 1.44 bits per heavy atom. The first-order valence-electron chi connectivity index (χ1n) is 6.03. The Morgan fingerprint density at radius 3 is 3.12 bits per heavy atom. The van der Waals surface area contributed by atoms with E-state index in [0.29, 0.717) is 6.04 Å². The van der Waals surface area contributed by atoms with Crippen LogP contribution in [0.3, 0.4) is 0 Å². The van der Waals surface area contributed by atoms with Crippen LogP contribution >= 0.6 is 0 Å². The van der Waals surface area contributed by atoms with Gasteiger partial charge in [0.15, 0.2) is 5.82 Å². The molecule has 3 heterocycles. The maximum atomic E-state index is 4.62. The van der Waals surface area contributed by atoms with Gasteiger partial charge in [-0.15, -0.1) is 0 Å². The van der Waals surface area contributed by atoms with Crippen molar-refractivity contribution in [3.63, 3.8) is 0 Å². The highest BCUT2D eigenvalue weighted by Crippen LogP contribution is 2.34. The molecule has 0 spiro atoms. The molecular formula is C12H18N4. The molecule has 0 saturated carbocycles. The van der Waals surface area contributed by atoms with Crippen molar-refractivity contribution in [3.8, 4) is 0 Å². The van der Waals surface area contributed by atoms with Gasteiger partial charge in [0.2, 0.25) is 0 Å². The van der Waals surface area contributed by atoms with Crippen LogP contribution in [0.5, 0.6) is 0 Å². The van der Waals surface area contributed by atoms with Crippen molar-refractivity contribution in [1.82, 2.24) is 15.3 Å². The van der Waals surface area contributed by atoms with E-state index in [1.165, 1.54) is 13.0 Å². The second-order valence-electron chi connectivity index (χ2n) is 4.89. The van der Waals surface area contributed by atoms with Crippen LogP contribution in [0.1, 0.15) is 17.8 Å². The molecule has 0 bridgehead atoms. The number of hydrogen-bond donors (Lipinski definition) is 1. The van der Waals surface area contributed by atoms with Crippen LogP contribution in [0.25, 0.3) is 0 Å². The molecule has 1 aromatic rings. The average molecular weight is 218 g/mol. The lowest BCUT2D eigenvalue weighted by atomic mass is 9.83. The molecular weight excluding hydrogens is 200 g/mol. The molecule has 2 saturated heterocycles. The van der Waals surface area contributed by atoms with Crippen molar-refractivity contribution in [3.05, 3.63) is 17.6 Å². The van der Waals surface area contributed by atoms with Gasteiger partial charge in [0, 0.05) is 25.3 Å². The first-order valence-corrected chi connectivity index (χ1v) is 6.03. The van der Waals surface area contributed by atoms with E-state index in [2.05, 4.69) is 20.2 Å². The molecule has 0 aliphatic carbocycles. The van der Waals surface area contributed by atoms with Crippen LogP contribution in [0.4, 0.5) is 5.82 Å². The van der Waals surface area contributed by atoms with Gasteiger partial charge in [0.25, 0.3) is 0 Å². The lowest BCUT2D eigenvalue weighted by molar-refractivity contribution is 0.227. The molecule has 4 nitrogen and oxygen atoms in total. The van der Waals surface area contributed by atoms with Gasteiger partial charge in [-0.2, -0.15) is 0 Å². The Balaban J connectivity index is 1.85. The smallest absolute Gasteiger partial charge is 0.150 e. The molecule has 2 fully saturated rings. The summed E-state index contributed by atoms with van der Waals surface area (Å²) in [5.74, 6) is 1.95. The summed E-state index contributed by atoms with van der Waals surface area (Å²) in [5, 5.41) is 3.46. The molecule has 16 heavy (non-hydrogen) atoms. The van der Waals surface area contributed by atoms with Crippen molar-refractivity contribution in [2.75, 3.05) is 24.5 Å². The summed E-state index contributed by atoms with van der Waals surface area (Å²) < 4.78 is 0. The molecule has 2 atom stereocenters. The highest BCUT2D eigenvalue weighted by atomic mass is 15.3. The van der Waals surface area contributed by atoms with E-state index in [1.54, 1.807) is 0 Å². The minimum Gasteiger partial charge on any atom is -0.350 e. The number of hydrogen-bond acceptors (Lipinski definition) is 4. The monoisotopic (exact) mass is 218 g/mol. The number of rotatable bonds is 1. The highest BCUT2D eigenvalue weighted by molar-refractivity contribution is 5.48. The first-order chi connectivity index (χ1) is 7.75. The number of piperidine rings is 1. The van der Waals surface area contributed by atoms with Gasteiger partial charge < -0.3 is 10.2 Å². The molecule has 86 valence electrons. The van der Waals surface area contributed by atoms with Gasteiger partial charge in [-0.05, 0) is 32.7 Å². The quantitative estimate of drug-likeness (QED) is 0.760. The molecule has 0 aromatic carbocycles. The van der Waals surface area contributed by atoms with Crippen LogP contribution in [0, 0.1) is 19.8 Å². The van der Waals surface area contributed by atoms with Crippen LogP contribution in [-0.2, 0) is 0 Å². The van der Waals surface area contributed by atoms with Gasteiger partial charge >= 0.3 is 0 Å². The standard InChI is InChI=1S/C12H18N4/c1-8-5-14-9(2)12(15-8)16-7-10-3-4-13-6-11(10)16/h5,10-11,13H,3-4,6-7H2,1-2H3/t10?,11-/m0/s1. The Morgan fingerprint density at radius 2 is 2.31 bits per heavy atom. The zero-order chi connectivity index (χ0) is 11.1. The predicted octanol–water partition coefficient (Wildman–Crippen LogP) is 0.892. The third kappa shape index (κ3) is 1.48. The molecule has 1 unspecified atom stereocenters. The number of aryl methyl sites for hydroxylation is 2. The van der Waals surface area contributed by atoms with Crippen LogP contribution in [0.2, 0.25) is 0 Å². The van der Waals surface area contributed by atoms with Gasteiger partial charge in [0.1, 0.15) is 0 Å². The maximum absolute atomic E-state index is 4.62. The van der Waals surface area contributed by atoms with Crippen LogP contribution < -0.4 is 10.2 Å². The lowest BCUT2D eigenvalue weighted by Gasteiger charge is -2.51. The Hall–Kier alpha value is -1.16. The number of anilines is 1. The minimum absolute atomic E-state index is 0.642. The van der Waals surface area contributed by atoms with Crippen molar-refractivity contribution in [2.24, 2.45) is 5.92 Å². The summed E-state index contributed by atoms with van der Waals surface area (Å²) in [7, 11) is 0. The van der Waals surface area contributed by atoms with E-state index < -0.39 is 0 Å². The second-order valence-corrected chi connectivity index (χ2v) is 4.89. The molecule has 1 N–H and O–H groups in total. The van der Waals surface area contributed by atoms with E-state index in [9.17, 15) is 0 Å². The number of aromatic nitrogens is 2. The fourth-order valence-electron chi connectivity index (χ4n) is 2.76. The SMILES string of the molecule is Cc1cnc(C)c(N2CC3CCNC[C@@H]32)n1. The summed E-state index contributed by atoms with van der Waals surface area (Å²) in [4.78, 5) is 11.4. The Labute approximate surface area is 96.1 Å². The zero-order valence-electron chi connectivity index (χ0n) is 9.90. The van der Waals surface area contributed by atoms with Crippen molar-refractivity contribution < 1.29 is 0 Å². The largest absolute Gasteiger partial charge is 0.350 e. The average Bonchev–Trinajstić information content (AvgIpc) is 2.25.